The third-order valence-corrected chi connectivity index (χ3v) is 11.6. The van der Waals surface area contributed by atoms with E-state index < -0.39 is 0 Å². The Morgan fingerprint density at radius 2 is 1.08 bits per heavy atom. The van der Waals surface area contributed by atoms with Crippen molar-refractivity contribution in [1.29, 1.82) is 0 Å². The van der Waals surface area contributed by atoms with Crippen molar-refractivity contribution in [3.8, 4) is 45.5 Å². The van der Waals surface area contributed by atoms with Gasteiger partial charge in [-0.25, -0.2) is 4.98 Å². The number of hydrogen-bond donors (Lipinski definition) is 1. The van der Waals surface area contributed by atoms with Crippen LogP contribution in [-0.4, -0.2) is 52.7 Å². The number of fused-ring (bicyclic) bond motifs is 7. The molecular formula is C53H36B3N5O. The summed E-state index contributed by atoms with van der Waals surface area (Å²) in [4.78, 5) is 15.7. The minimum Gasteiger partial charge on any atom is -0.510 e. The van der Waals surface area contributed by atoms with Gasteiger partial charge in [0, 0.05) is 38.4 Å². The number of rotatable bonds is 9. The Bertz CT molecular complexity index is 3460. The summed E-state index contributed by atoms with van der Waals surface area (Å²) in [6.45, 7) is 6.16. The first kappa shape index (κ1) is 38.6. The maximum absolute atomic E-state index is 10.8. The van der Waals surface area contributed by atoms with Gasteiger partial charge in [0.1, 0.15) is 23.5 Å². The highest BCUT2D eigenvalue weighted by Gasteiger charge is 2.24. The molecule has 10 rings (SSSR count). The smallest absolute Gasteiger partial charge is 0.238 e. The Morgan fingerprint density at radius 3 is 1.76 bits per heavy atom. The zero-order valence-corrected chi connectivity index (χ0v) is 34.0. The first-order chi connectivity index (χ1) is 30.3. The Balaban J connectivity index is 1.29. The van der Waals surface area contributed by atoms with Gasteiger partial charge in [-0.3, -0.25) is 4.57 Å². The van der Waals surface area contributed by atoms with Crippen LogP contribution in [0.4, 0.5) is 0 Å². The number of hydrogen-bond acceptors (Lipinski definition) is 4. The molecule has 0 unspecified atom stereocenters. The van der Waals surface area contributed by atoms with Gasteiger partial charge in [-0.1, -0.05) is 176 Å². The maximum atomic E-state index is 10.8. The minimum atomic E-state index is -0.265. The van der Waals surface area contributed by atoms with Crippen LogP contribution in [0.1, 0.15) is 18.9 Å². The molecule has 0 saturated carbocycles. The van der Waals surface area contributed by atoms with E-state index in [9.17, 15) is 5.11 Å². The Labute approximate surface area is 363 Å². The van der Waals surface area contributed by atoms with E-state index in [2.05, 4.69) is 119 Å². The fourth-order valence-electron chi connectivity index (χ4n) is 8.45. The summed E-state index contributed by atoms with van der Waals surface area (Å²) in [5, 5.41) is 15.2. The summed E-state index contributed by atoms with van der Waals surface area (Å²) in [5.41, 5.74) is 10.0. The average molecular weight is 791 g/mol. The van der Waals surface area contributed by atoms with E-state index in [1.165, 1.54) is 0 Å². The average Bonchev–Trinajstić information content (AvgIpc) is 3.86. The number of allylic oxidation sites excluding steroid dienone is 4. The third-order valence-electron chi connectivity index (χ3n) is 11.6. The molecule has 62 heavy (non-hydrogen) atoms. The molecule has 0 aliphatic rings. The van der Waals surface area contributed by atoms with E-state index in [-0.39, 0.29) is 22.2 Å². The largest absolute Gasteiger partial charge is 0.510 e. The highest BCUT2D eigenvalue weighted by molar-refractivity contribution is 6.39. The molecule has 0 fully saturated rings. The van der Waals surface area contributed by atoms with Gasteiger partial charge in [0.25, 0.3) is 0 Å². The van der Waals surface area contributed by atoms with Gasteiger partial charge in [-0.2, -0.15) is 9.97 Å². The zero-order chi connectivity index (χ0) is 42.5. The van der Waals surface area contributed by atoms with Crippen LogP contribution in [0.2, 0.25) is 0 Å². The van der Waals surface area contributed by atoms with E-state index in [1.54, 1.807) is 0 Å². The Morgan fingerprint density at radius 1 is 0.532 bits per heavy atom. The fraction of sp³-hybridized carbons (Fsp3) is 0.0377. The summed E-state index contributed by atoms with van der Waals surface area (Å²) in [5.74, 6) is 1.06. The van der Waals surface area contributed by atoms with Gasteiger partial charge in [0.15, 0.2) is 11.6 Å². The van der Waals surface area contributed by atoms with E-state index >= 15 is 0 Å². The number of aromatic nitrogens is 5. The highest BCUT2D eigenvalue weighted by Crippen LogP contribution is 2.42. The first-order valence-corrected chi connectivity index (χ1v) is 20.5. The van der Waals surface area contributed by atoms with E-state index in [4.69, 9.17) is 38.5 Å². The van der Waals surface area contributed by atoms with E-state index in [0.717, 1.165) is 66.0 Å². The lowest BCUT2D eigenvalue weighted by atomic mass is 9.71. The summed E-state index contributed by atoms with van der Waals surface area (Å²) in [6.07, 6.45) is 0.397. The molecule has 0 saturated heterocycles. The molecule has 0 spiro atoms. The monoisotopic (exact) mass is 791 g/mol. The standard InChI is InChI=1S/C53H36B3N5O/c1-3-43(54)50(62)47(56)46(55)32(2)37-23-10-11-26-42(37)52-57-51(34-19-8-5-9-20-34)58-53(59-52)61-45-28-15-13-25-39(45)41-30-29-40-38-24-12-14-27-44(38)60(48(40)49(41)61)36-22-16-21-35(31-36)33-17-6-4-7-18-33/h4-31,62H,2-3H2,1H3/b47-46-,50-43-. The van der Waals surface area contributed by atoms with Crippen molar-refractivity contribution in [2.75, 3.05) is 0 Å². The molecule has 0 atom stereocenters. The minimum absolute atomic E-state index is 0.0514. The van der Waals surface area contributed by atoms with Crippen molar-refractivity contribution in [1.82, 2.24) is 24.1 Å². The molecule has 0 aliphatic carbocycles. The van der Waals surface area contributed by atoms with Crippen molar-refractivity contribution < 1.29 is 5.11 Å². The van der Waals surface area contributed by atoms with Gasteiger partial charge in [0.05, 0.1) is 27.8 Å². The maximum Gasteiger partial charge on any atom is 0.238 e. The molecule has 288 valence electrons. The lowest BCUT2D eigenvalue weighted by Crippen LogP contribution is -2.08. The molecule has 1 N–H and O–H groups in total. The second kappa shape index (κ2) is 15.8. The van der Waals surface area contributed by atoms with Crippen molar-refractivity contribution in [2.24, 2.45) is 0 Å². The third kappa shape index (κ3) is 6.45. The second-order valence-electron chi connectivity index (χ2n) is 15.2. The predicted octanol–water partition coefficient (Wildman–Crippen LogP) is 12.0. The number of benzene rings is 7. The molecule has 0 amide bonds. The Kier molecular flexibility index (Phi) is 9.80. The van der Waals surface area contributed by atoms with Gasteiger partial charge >= 0.3 is 0 Å². The summed E-state index contributed by atoms with van der Waals surface area (Å²) >= 11 is 0. The zero-order valence-electron chi connectivity index (χ0n) is 34.0. The van der Waals surface area contributed by atoms with E-state index in [0.29, 0.717) is 40.7 Å². The first-order valence-electron chi connectivity index (χ1n) is 20.5. The lowest BCUT2D eigenvalue weighted by molar-refractivity contribution is 0.424. The van der Waals surface area contributed by atoms with E-state index in [1.807, 2.05) is 73.7 Å². The van der Waals surface area contributed by atoms with Crippen LogP contribution >= 0.6 is 0 Å². The van der Waals surface area contributed by atoms with Crippen LogP contribution in [0.15, 0.2) is 199 Å². The molecule has 9 heteroatoms. The molecule has 7 aromatic carbocycles. The van der Waals surface area contributed by atoms with Crippen LogP contribution in [0.25, 0.3) is 94.7 Å². The topological polar surface area (TPSA) is 68.8 Å². The molecule has 0 bridgehead atoms. The fourth-order valence-corrected chi connectivity index (χ4v) is 8.45. The van der Waals surface area contributed by atoms with Crippen LogP contribution in [0, 0.1) is 0 Å². The SMILES string of the molecule is [B]/C(C(=C)c1ccccc1-c1nc(-c2ccccc2)nc(-n2c3ccccc3c3ccc4c5ccccc5n(-c5cccc(-c6ccccc6)c5)c4c32)n1)=C([B])/C(O)=C(/[B])CC. The Hall–Kier alpha value is -7.64. The lowest BCUT2D eigenvalue weighted by Gasteiger charge is -2.17. The summed E-state index contributed by atoms with van der Waals surface area (Å²) in [6, 6.07) is 58.0. The molecule has 6 nitrogen and oxygen atoms in total. The van der Waals surface area contributed by atoms with Crippen LogP contribution in [-0.2, 0) is 0 Å². The number of nitrogens with zero attached hydrogens (tertiary/aromatic N) is 5. The van der Waals surface area contributed by atoms with Crippen LogP contribution < -0.4 is 0 Å². The molecule has 10 aromatic rings. The van der Waals surface area contributed by atoms with Crippen LogP contribution in [0.5, 0.6) is 0 Å². The molecule has 6 radical (unpaired) electrons. The number of aliphatic hydroxyl groups excluding tert-OH is 1. The summed E-state index contributed by atoms with van der Waals surface area (Å²) < 4.78 is 4.53. The van der Waals surface area contributed by atoms with Crippen molar-refractivity contribution in [3.63, 3.8) is 0 Å². The van der Waals surface area contributed by atoms with Crippen molar-refractivity contribution >= 4 is 72.7 Å². The van der Waals surface area contributed by atoms with Gasteiger partial charge < -0.3 is 9.67 Å². The number of para-hydroxylation sites is 2. The van der Waals surface area contributed by atoms with Crippen LogP contribution in [0.3, 0.4) is 0 Å². The molecular weight excluding hydrogens is 755 g/mol. The normalized spacial score (nSPS) is 12.5. The highest BCUT2D eigenvalue weighted by atomic mass is 16.3. The molecule has 3 aromatic heterocycles. The molecule has 3 heterocycles. The van der Waals surface area contributed by atoms with Gasteiger partial charge in [-0.05, 0) is 52.9 Å². The quantitative estimate of drug-likeness (QED) is 0.0898. The predicted molar refractivity (Wildman–Crippen MR) is 258 cm³/mol. The second-order valence-corrected chi connectivity index (χ2v) is 15.2. The molecule has 0 aliphatic heterocycles. The van der Waals surface area contributed by atoms with Crippen molar-refractivity contribution in [2.45, 2.75) is 13.3 Å². The van der Waals surface area contributed by atoms with Crippen molar-refractivity contribution in [3.05, 3.63) is 204 Å². The number of aliphatic hydroxyl groups is 1. The van der Waals surface area contributed by atoms with Gasteiger partial charge in [-0.15, -0.1) is 0 Å². The summed E-state index contributed by atoms with van der Waals surface area (Å²) in [7, 11) is 19.1. The van der Waals surface area contributed by atoms with Gasteiger partial charge in [0.2, 0.25) is 5.95 Å².